The Morgan fingerprint density at radius 1 is 0.565 bits per heavy atom. The van der Waals surface area contributed by atoms with E-state index in [1.807, 2.05) is 0 Å². The lowest BCUT2D eigenvalue weighted by Gasteiger charge is -2.16. The molecule has 0 unspecified atom stereocenters. The largest absolute Gasteiger partial charge is 0.355 e. The molecular weight excluding hydrogens is 278 g/mol. The Balaban J connectivity index is 1.68. The summed E-state index contributed by atoms with van der Waals surface area (Å²) in [6, 6.07) is 26.5. The maximum atomic E-state index is 3.61. The summed E-state index contributed by atoms with van der Waals surface area (Å²) in [5.74, 6) is 0. The highest BCUT2D eigenvalue weighted by Crippen LogP contribution is 2.25. The maximum Gasteiger partial charge on any atom is 0.0419 e. The molecule has 4 bridgehead atoms. The smallest absolute Gasteiger partial charge is 0.0419 e. The van der Waals surface area contributed by atoms with Crippen molar-refractivity contribution < 1.29 is 0 Å². The molecule has 4 aliphatic carbocycles. The van der Waals surface area contributed by atoms with Gasteiger partial charge >= 0.3 is 0 Å². The minimum atomic E-state index is 1.06. The molecule has 3 aromatic rings. The average Bonchev–Trinajstić information content (AvgIpc) is 2.59. The van der Waals surface area contributed by atoms with E-state index >= 15 is 0 Å². The summed E-state index contributed by atoms with van der Waals surface area (Å²) >= 11 is 0. The zero-order valence-corrected chi connectivity index (χ0v) is 13.3. The second kappa shape index (κ2) is 6.29. The summed E-state index contributed by atoms with van der Waals surface area (Å²) in [6.07, 6.45) is 4.34. The minimum Gasteiger partial charge on any atom is -0.355 e. The molecule has 0 amide bonds. The van der Waals surface area contributed by atoms with Crippen molar-refractivity contribution in [3.05, 3.63) is 95.1 Å². The Labute approximate surface area is 138 Å². The molecule has 1 nitrogen and oxygen atoms in total. The van der Waals surface area contributed by atoms with E-state index in [0.29, 0.717) is 0 Å². The van der Waals surface area contributed by atoms with Gasteiger partial charge in [0.1, 0.15) is 0 Å². The first-order valence-corrected chi connectivity index (χ1v) is 8.38. The highest BCUT2D eigenvalue weighted by molar-refractivity contribution is 5.64. The van der Waals surface area contributed by atoms with E-state index in [0.717, 1.165) is 31.4 Å². The molecule has 7 rings (SSSR count). The molecule has 0 heterocycles. The SMILES string of the molecule is c1ccc(Nc2cc3ccc2CCc2ccc(cc2)CC3)cc1. The second-order valence-corrected chi connectivity index (χ2v) is 6.30. The zero-order chi connectivity index (χ0) is 15.5. The van der Waals surface area contributed by atoms with Crippen LogP contribution in [-0.2, 0) is 25.7 Å². The van der Waals surface area contributed by atoms with Crippen molar-refractivity contribution in [1.29, 1.82) is 0 Å². The summed E-state index contributed by atoms with van der Waals surface area (Å²) < 4.78 is 0. The number of hydrogen-bond donors (Lipinski definition) is 1. The Hall–Kier alpha value is -2.54. The van der Waals surface area contributed by atoms with Gasteiger partial charge in [-0.3, -0.25) is 0 Å². The molecule has 0 aliphatic heterocycles. The highest BCUT2D eigenvalue weighted by Gasteiger charge is 2.08. The average molecular weight is 299 g/mol. The van der Waals surface area contributed by atoms with Crippen LogP contribution >= 0.6 is 0 Å². The number of benzene rings is 3. The second-order valence-electron chi connectivity index (χ2n) is 6.30. The maximum absolute atomic E-state index is 3.61. The van der Waals surface area contributed by atoms with Crippen molar-refractivity contribution in [3.8, 4) is 0 Å². The van der Waals surface area contributed by atoms with Gasteiger partial charge < -0.3 is 5.32 Å². The van der Waals surface area contributed by atoms with E-state index in [2.05, 4.69) is 78.1 Å². The Morgan fingerprint density at radius 3 is 1.91 bits per heavy atom. The van der Waals surface area contributed by atoms with Crippen molar-refractivity contribution >= 4 is 11.4 Å². The lowest BCUT2D eigenvalue weighted by atomic mass is 9.95. The summed E-state index contributed by atoms with van der Waals surface area (Å²) in [5, 5.41) is 3.61. The number of nitrogens with one attached hydrogen (secondary N) is 1. The van der Waals surface area contributed by atoms with Crippen LogP contribution in [0.15, 0.2) is 72.8 Å². The Morgan fingerprint density at radius 2 is 1.17 bits per heavy atom. The fourth-order valence-electron chi connectivity index (χ4n) is 3.23. The Kier molecular flexibility index (Phi) is 3.85. The molecular formula is C22H21N. The van der Waals surface area contributed by atoms with Crippen molar-refractivity contribution in [2.45, 2.75) is 25.7 Å². The number of para-hydroxylation sites is 1. The van der Waals surface area contributed by atoms with Gasteiger partial charge in [-0.05, 0) is 66.1 Å². The quantitative estimate of drug-likeness (QED) is 0.676. The first kappa shape index (κ1) is 14.1. The highest BCUT2D eigenvalue weighted by atomic mass is 14.9. The lowest BCUT2D eigenvalue weighted by Crippen LogP contribution is -2.02. The van der Waals surface area contributed by atoms with E-state index in [9.17, 15) is 0 Å². The van der Waals surface area contributed by atoms with Crippen molar-refractivity contribution in [3.63, 3.8) is 0 Å². The fraction of sp³-hybridized carbons (Fsp3) is 0.182. The van der Waals surface area contributed by atoms with Gasteiger partial charge in [-0.2, -0.15) is 0 Å². The van der Waals surface area contributed by atoms with Gasteiger partial charge in [0.25, 0.3) is 0 Å². The van der Waals surface area contributed by atoms with Crippen LogP contribution in [0.25, 0.3) is 0 Å². The van der Waals surface area contributed by atoms with Gasteiger partial charge in [0.2, 0.25) is 0 Å². The first-order valence-electron chi connectivity index (χ1n) is 8.38. The third-order valence-electron chi connectivity index (χ3n) is 4.64. The molecule has 0 aromatic heterocycles. The van der Waals surface area contributed by atoms with E-state index in [-0.39, 0.29) is 0 Å². The van der Waals surface area contributed by atoms with E-state index in [1.165, 1.54) is 27.9 Å². The van der Waals surface area contributed by atoms with Gasteiger partial charge in [0.05, 0.1) is 0 Å². The molecule has 0 spiro atoms. The molecule has 1 heteroatoms. The summed E-state index contributed by atoms with van der Waals surface area (Å²) in [5.41, 5.74) is 8.05. The normalized spacial score (nSPS) is 13.4. The zero-order valence-electron chi connectivity index (χ0n) is 13.3. The van der Waals surface area contributed by atoms with Crippen LogP contribution in [0.3, 0.4) is 0 Å². The summed E-state index contributed by atoms with van der Waals surface area (Å²) in [4.78, 5) is 0. The van der Waals surface area contributed by atoms with Crippen LogP contribution in [0.2, 0.25) is 0 Å². The minimum absolute atomic E-state index is 1.06. The fourth-order valence-corrected chi connectivity index (χ4v) is 3.23. The van der Waals surface area contributed by atoms with Gasteiger partial charge in [-0.1, -0.05) is 54.6 Å². The van der Waals surface area contributed by atoms with Crippen LogP contribution in [0.4, 0.5) is 11.4 Å². The van der Waals surface area contributed by atoms with E-state index in [1.54, 1.807) is 0 Å². The van der Waals surface area contributed by atoms with Crippen molar-refractivity contribution in [2.24, 2.45) is 0 Å². The van der Waals surface area contributed by atoms with Crippen LogP contribution in [0.5, 0.6) is 0 Å². The number of aryl methyl sites for hydroxylation is 4. The van der Waals surface area contributed by atoms with Crippen LogP contribution in [0.1, 0.15) is 22.3 Å². The Bertz CT molecular complexity index is 788. The van der Waals surface area contributed by atoms with E-state index < -0.39 is 0 Å². The topological polar surface area (TPSA) is 12.0 Å². The van der Waals surface area contributed by atoms with Crippen molar-refractivity contribution in [1.82, 2.24) is 0 Å². The monoisotopic (exact) mass is 299 g/mol. The molecule has 1 N–H and O–H groups in total. The van der Waals surface area contributed by atoms with Crippen LogP contribution in [0, 0.1) is 0 Å². The van der Waals surface area contributed by atoms with Gasteiger partial charge in [0, 0.05) is 11.4 Å². The molecule has 0 atom stereocenters. The standard InChI is InChI=1S/C22H21N/c1-2-4-21(5-3-1)23-22-16-19-11-10-17-6-8-18(9-7-17)12-14-20(22)15-13-19/h1-9,13,15-16,23H,10-12,14H2. The predicted molar refractivity (Wildman–Crippen MR) is 97.4 cm³/mol. The van der Waals surface area contributed by atoms with Crippen molar-refractivity contribution in [2.75, 3.05) is 5.32 Å². The van der Waals surface area contributed by atoms with Crippen LogP contribution in [-0.4, -0.2) is 0 Å². The molecule has 0 fully saturated rings. The van der Waals surface area contributed by atoms with Crippen LogP contribution < -0.4 is 5.32 Å². The molecule has 0 saturated carbocycles. The third-order valence-corrected chi connectivity index (χ3v) is 4.64. The third kappa shape index (κ3) is 3.29. The number of anilines is 2. The number of hydrogen-bond acceptors (Lipinski definition) is 1. The predicted octanol–water partition coefficient (Wildman–Crippen LogP) is 5.31. The number of rotatable bonds is 2. The molecule has 0 radical (unpaired) electrons. The van der Waals surface area contributed by atoms with E-state index in [4.69, 9.17) is 0 Å². The summed E-state index contributed by atoms with van der Waals surface area (Å²) in [6.45, 7) is 0. The summed E-state index contributed by atoms with van der Waals surface area (Å²) in [7, 11) is 0. The molecule has 0 saturated heterocycles. The molecule has 23 heavy (non-hydrogen) atoms. The molecule has 3 aromatic carbocycles. The lowest BCUT2D eigenvalue weighted by molar-refractivity contribution is 0.923. The van der Waals surface area contributed by atoms with Gasteiger partial charge in [-0.15, -0.1) is 0 Å². The molecule has 114 valence electrons. The first-order chi connectivity index (χ1) is 11.4. The van der Waals surface area contributed by atoms with Gasteiger partial charge in [-0.25, -0.2) is 0 Å². The molecule has 4 aliphatic rings. The van der Waals surface area contributed by atoms with Gasteiger partial charge in [0.15, 0.2) is 0 Å².